The number of aromatic nitrogens is 1. The van der Waals surface area contributed by atoms with E-state index in [9.17, 15) is 9.59 Å². The molecule has 0 bridgehead atoms. The Balaban J connectivity index is 2.94. The molecule has 1 rings (SSSR count). The topological polar surface area (TPSA) is 82.5 Å². The third kappa shape index (κ3) is 4.29. The average Bonchev–Trinajstić information content (AvgIpc) is 2.78. The summed E-state index contributed by atoms with van der Waals surface area (Å²) in [5.41, 5.74) is 0.0308. The van der Waals surface area contributed by atoms with Crippen molar-refractivity contribution in [3.8, 4) is 0 Å². The van der Waals surface area contributed by atoms with Gasteiger partial charge in [0.25, 0.3) is 0 Å². The van der Waals surface area contributed by atoms with E-state index in [1.165, 1.54) is 11.3 Å². The number of rotatable bonds is 7. The summed E-state index contributed by atoms with van der Waals surface area (Å²) in [6, 6.07) is 0. The zero-order chi connectivity index (χ0) is 14.4. The normalized spacial score (nSPS) is 10.7. The largest absolute Gasteiger partial charge is 0.476 e. The molecule has 1 aromatic rings. The number of hydrogen-bond acceptors (Lipinski definition) is 5. The fraction of sp³-hybridized carbons (Fsp3) is 0.583. The fourth-order valence-corrected chi connectivity index (χ4v) is 2.55. The average molecular weight is 285 g/mol. The first-order valence-corrected chi connectivity index (χ1v) is 7.08. The van der Waals surface area contributed by atoms with E-state index in [2.05, 4.69) is 15.2 Å². The summed E-state index contributed by atoms with van der Waals surface area (Å²) in [7, 11) is 0. The first-order valence-electron chi connectivity index (χ1n) is 6.26. The molecular weight excluding hydrogens is 266 g/mol. The Morgan fingerprint density at radius 1 is 1.32 bits per heavy atom. The van der Waals surface area contributed by atoms with Crippen molar-refractivity contribution in [3.05, 3.63) is 10.6 Å². The van der Waals surface area contributed by atoms with Gasteiger partial charge in [-0.25, -0.2) is 9.78 Å². The highest BCUT2D eigenvalue weighted by Crippen LogP contribution is 2.24. The molecule has 0 aromatic carbocycles. The van der Waals surface area contributed by atoms with Gasteiger partial charge in [0.2, 0.25) is 5.91 Å². The number of hydrogen-bond donors (Lipinski definition) is 2. The van der Waals surface area contributed by atoms with Crippen LogP contribution in [0, 0.1) is 0 Å². The minimum atomic E-state index is -1.06. The van der Waals surface area contributed by atoms with E-state index in [0.717, 1.165) is 13.1 Å². The van der Waals surface area contributed by atoms with Crippen LogP contribution < -0.4 is 5.32 Å². The molecule has 0 radical (unpaired) electrons. The Morgan fingerprint density at radius 3 is 2.42 bits per heavy atom. The molecule has 7 heteroatoms. The predicted octanol–water partition coefficient (Wildman–Crippen LogP) is 2.03. The first-order chi connectivity index (χ1) is 9.01. The van der Waals surface area contributed by atoms with Gasteiger partial charge in [0.05, 0.1) is 4.88 Å². The van der Waals surface area contributed by atoms with Crippen LogP contribution in [0.25, 0.3) is 0 Å². The van der Waals surface area contributed by atoms with Gasteiger partial charge in [-0.1, -0.05) is 32.1 Å². The highest BCUT2D eigenvalue weighted by atomic mass is 32.1. The maximum absolute atomic E-state index is 11.3. The molecule has 0 aliphatic heterocycles. The lowest BCUT2D eigenvalue weighted by Crippen LogP contribution is -2.22. The number of carboxylic acids is 1. The SMILES string of the molecule is CCC(=O)Nc1nc(C(=O)O)c(CN(CC)CC)s1. The molecule has 0 saturated heterocycles. The number of anilines is 1. The molecule has 0 aliphatic rings. The standard InChI is InChI=1S/C12H19N3O3S/c1-4-9(16)13-12-14-10(11(17)18)8(19-12)7-15(5-2)6-3/h4-7H2,1-3H3,(H,17,18)(H,13,14,16). The van der Waals surface area contributed by atoms with E-state index in [1.807, 2.05) is 13.8 Å². The Labute approximate surface area is 116 Å². The molecule has 2 N–H and O–H groups in total. The summed E-state index contributed by atoms with van der Waals surface area (Å²) in [4.78, 5) is 29.2. The van der Waals surface area contributed by atoms with Gasteiger partial charge in [0.15, 0.2) is 10.8 Å². The maximum Gasteiger partial charge on any atom is 0.355 e. The fourth-order valence-electron chi connectivity index (χ4n) is 1.54. The molecule has 0 unspecified atom stereocenters. The lowest BCUT2D eigenvalue weighted by atomic mass is 10.3. The number of amides is 1. The zero-order valence-corrected chi connectivity index (χ0v) is 12.2. The number of carbonyl (C=O) groups is 2. The van der Waals surface area contributed by atoms with Crippen LogP contribution in [0.15, 0.2) is 0 Å². The van der Waals surface area contributed by atoms with Crippen LogP contribution in [0.2, 0.25) is 0 Å². The van der Waals surface area contributed by atoms with Crippen molar-refractivity contribution >= 4 is 28.3 Å². The summed E-state index contributed by atoms with van der Waals surface area (Å²) in [6.07, 6.45) is 0.341. The van der Waals surface area contributed by atoms with Crippen molar-refractivity contribution in [1.29, 1.82) is 0 Å². The molecular formula is C12H19N3O3S. The number of thiazole rings is 1. The van der Waals surface area contributed by atoms with Crippen molar-refractivity contribution in [2.24, 2.45) is 0 Å². The minimum absolute atomic E-state index is 0.0308. The quantitative estimate of drug-likeness (QED) is 0.801. The third-order valence-electron chi connectivity index (χ3n) is 2.73. The highest BCUT2D eigenvalue weighted by Gasteiger charge is 2.19. The number of carboxylic acid groups (broad SMARTS) is 1. The summed E-state index contributed by atoms with van der Waals surface area (Å²) >= 11 is 1.23. The number of nitrogens with one attached hydrogen (secondary N) is 1. The summed E-state index contributed by atoms with van der Waals surface area (Å²) < 4.78 is 0. The van der Waals surface area contributed by atoms with Gasteiger partial charge in [-0.3, -0.25) is 9.69 Å². The van der Waals surface area contributed by atoms with E-state index < -0.39 is 5.97 Å². The third-order valence-corrected chi connectivity index (χ3v) is 3.68. The number of nitrogens with zero attached hydrogens (tertiary/aromatic N) is 2. The first kappa shape index (κ1) is 15.6. The Kier molecular flexibility index (Phi) is 5.91. The predicted molar refractivity (Wildman–Crippen MR) is 74.6 cm³/mol. The van der Waals surface area contributed by atoms with Crippen molar-refractivity contribution < 1.29 is 14.7 Å². The van der Waals surface area contributed by atoms with Gasteiger partial charge < -0.3 is 10.4 Å². The lowest BCUT2D eigenvalue weighted by Gasteiger charge is -2.16. The zero-order valence-electron chi connectivity index (χ0n) is 11.4. The molecule has 1 aromatic heterocycles. The van der Waals surface area contributed by atoms with Crippen molar-refractivity contribution in [1.82, 2.24) is 9.88 Å². The molecule has 106 valence electrons. The monoisotopic (exact) mass is 285 g/mol. The highest BCUT2D eigenvalue weighted by molar-refractivity contribution is 7.16. The second kappa shape index (κ2) is 7.20. The molecule has 0 spiro atoms. The Bertz CT molecular complexity index is 455. The molecule has 0 aliphatic carbocycles. The van der Waals surface area contributed by atoms with Gasteiger partial charge in [-0.15, -0.1) is 0 Å². The van der Waals surface area contributed by atoms with Crippen molar-refractivity contribution in [2.75, 3.05) is 18.4 Å². The van der Waals surface area contributed by atoms with Crippen LogP contribution in [0.4, 0.5) is 5.13 Å². The van der Waals surface area contributed by atoms with E-state index in [0.29, 0.717) is 23.0 Å². The smallest absolute Gasteiger partial charge is 0.355 e. The second-order valence-electron chi connectivity index (χ2n) is 3.96. The molecule has 1 amide bonds. The van der Waals surface area contributed by atoms with E-state index in [-0.39, 0.29) is 11.6 Å². The van der Waals surface area contributed by atoms with Gasteiger partial charge in [-0.05, 0) is 13.1 Å². The maximum atomic E-state index is 11.3. The summed E-state index contributed by atoms with van der Waals surface area (Å²) in [6.45, 7) is 7.98. The van der Waals surface area contributed by atoms with Crippen molar-refractivity contribution in [2.45, 2.75) is 33.7 Å². The van der Waals surface area contributed by atoms with E-state index in [1.54, 1.807) is 6.92 Å². The van der Waals surface area contributed by atoms with Crippen LogP contribution in [0.3, 0.4) is 0 Å². The summed E-state index contributed by atoms with van der Waals surface area (Å²) in [5, 5.41) is 12.1. The summed E-state index contributed by atoms with van der Waals surface area (Å²) in [5.74, 6) is -1.23. The number of carbonyl (C=O) groups excluding carboxylic acids is 1. The van der Waals surface area contributed by atoms with Crippen LogP contribution in [-0.4, -0.2) is 40.0 Å². The van der Waals surface area contributed by atoms with E-state index in [4.69, 9.17) is 5.11 Å². The molecule has 19 heavy (non-hydrogen) atoms. The second-order valence-corrected chi connectivity index (χ2v) is 5.04. The molecule has 0 atom stereocenters. The van der Waals surface area contributed by atoms with Crippen LogP contribution in [-0.2, 0) is 11.3 Å². The van der Waals surface area contributed by atoms with Crippen LogP contribution >= 0.6 is 11.3 Å². The molecule has 6 nitrogen and oxygen atoms in total. The van der Waals surface area contributed by atoms with Crippen LogP contribution in [0.5, 0.6) is 0 Å². The minimum Gasteiger partial charge on any atom is -0.476 e. The lowest BCUT2D eigenvalue weighted by molar-refractivity contribution is -0.115. The van der Waals surface area contributed by atoms with Crippen molar-refractivity contribution in [3.63, 3.8) is 0 Å². The Hall–Kier alpha value is -1.47. The molecule has 0 saturated carbocycles. The van der Waals surface area contributed by atoms with Crippen LogP contribution in [0.1, 0.15) is 42.6 Å². The molecule has 0 fully saturated rings. The van der Waals surface area contributed by atoms with Gasteiger partial charge in [0, 0.05) is 13.0 Å². The number of aromatic carboxylic acids is 1. The van der Waals surface area contributed by atoms with Gasteiger partial charge >= 0.3 is 5.97 Å². The molecule has 1 heterocycles. The Morgan fingerprint density at radius 2 is 1.95 bits per heavy atom. The van der Waals surface area contributed by atoms with Gasteiger partial charge in [0.1, 0.15) is 0 Å². The van der Waals surface area contributed by atoms with E-state index >= 15 is 0 Å². The van der Waals surface area contributed by atoms with Gasteiger partial charge in [-0.2, -0.15) is 0 Å².